The Balaban J connectivity index is 2.34. The van der Waals surface area contributed by atoms with E-state index in [-0.39, 0.29) is 0 Å². The summed E-state index contributed by atoms with van der Waals surface area (Å²) in [6.45, 7) is 9.96. The molecule has 0 aromatic rings. The fraction of sp³-hybridized carbons (Fsp3) is 1.00. The van der Waals surface area contributed by atoms with Crippen molar-refractivity contribution in [3.05, 3.63) is 0 Å². The van der Waals surface area contributed by atoms with E-state index in [1.165, 1.54) is 19.3 Å². The van der Waals surface area contributed by atoms with Crippen LogP contribution in [0.3, 0.4) is 0 Å². The lowest BCUT2D eigenvalue weighted by Crippen LogP contribution is -2.43. The third kappa shape index (κ3) is 2.96. The second-order valence-electron chi connectivity index (χ2n) is 4.50. The SMILES string of the molecule is CCC(CC)C(C)NC1CCOC1C. The molecule has 3 unspecified atom stereocenters. The van der Waals surface area contributed by atoms with Crippen LogP contribution >= 0.6 is 0 Å². The first-order valence-electron chi connectivity index (χ1n) is 6.06. The quantitative estimate of drug-likeness (QED) is 0.735. The van der Waals surface area contributed by atoms with E-state index >= 15 is 0 Å². The Morgan fingerprint density at radius 1 is 1.36 bits per heavy atom. The molecule has 2 nitrogen and oxygen atoms in total. The molecule has 1 aliphatic rings. The van der Waals surface area contributed by atoms with Crippen LogP contribution in [0.15, 0.2) is 0 Å². The Bertz CT molecular complexity index is 156. The monoisotopic (exact) mass is 199 g/mol. The van der Waals surface area contributed by atoms with Crippen molar-refractivity contribution in [1.82, 2.24) is 5.32 Å². The molecule has 0 aliphatic carbocycles. The molecule has 0 spiro atoms. The van der Waals surface area contributed by atoms with Crippen molar-refractivity contribution >= 4 is 0 Å². The molecule has 0 aromatic heterocycles. The highest BCUT2D eigenvalue weighted by Crippen LogP contribution is 2.18. The summed E-state index contributed by atoms with van der Waals surface area (Å²) in [6, 6.07) is 1.20. The Labute approximate surface area is 88.4 Å². The van der Waals surface area contributed by atoms with E-state index in [9.17, 15) is 0 Å². The lowest BCUT2D eigenvalue weighted by Gasteiger charge is -2.27. The van der Waals surface area contributed by atoms with Gasteiger partial charge in [-0.3, -0.25) is 0 Å². The van der Waals surface area contributed by atoms with Crippen molar-refractivity contribution < 1.29 is 4.74 Å². The largest absolute Gasteiger partial charge is 0.377 e. The van der Waals surface area contributed by atoms with Crippen molar-refractivity contribution in [3.63, 3.8) is 0 Å². The van der Waals surface area contributed by atoms with Crippen molar-refractivity contribution in [1.29, 1.82) is 0 Å². The molecular weight excluding hydrogens is 174 g/mol. The molecule has 1 heterocycles. The molecule has 0 bridgehead atoms. The molecule has 1 fully saturated rings. The van der Waals surface area contributed by atoms with E-state index in [1.54, 1.807) is 0 Å². The molecule has 1 N–H and O–H groups in total. The summed E-state index contributed by atoms with van der Waals surface area (Å²) < 4.78 is 5.55. The summed E-state index contributed by atoms with van der Waals surface area (Å²) in [6.07, 6.45) is 4.11. The van der Waals surface area contributed by atoms with Crippen LogP contribution in [0.1, 0.15) is 47.0 Å². The normalized spacial score (nSPS) is 29.8. The van der Waals surface area contributed by atoms with Gasteiger partial charge in [-0.2, -0.15) is 0 Å². The summed E-state index contributed by atoms with van der Waals surface area (Å²) in [5, 5.41) is 3.71. The first kappa shape index (κ1) is 12.0. The first-order chi connectivity index (χ1) is 6.69. The average molecular weight is 199 g/mol. The van der Waals surface area contributed by atoms with Gasteiger partial charge in [0.1, 0.15) is 0 Å². The van der Waals surface area contributed by atoms with Crippen LogP contribution < -0.4 is 5.32 Å². The molecule has 2 heteroatoms. The molecule has 0 amide bonds. The molecule has 1 saturated heterocycles. The van der Waals surface area contributed by atoms with Crippen LogP contribution in [-0.2, 0) is 4.74 Å². The Morgan fingerprint density at radius 2 is 2.00 bits per heavy atom. The highest BCUT2D eigenvalue weighted by Gasteiger charge is 2.26. The third-order valence-electron chi connectivity index (χ3n) is 3.61. The number of nitrogens with one attached hydrogen (secondary N) is 1. The Hall–Kier alpha value is -0.0800. The van der Waals surface area contributed by atoms with Gasteiger partial charge in [0, 0.05) is 18.7 Å². The zero-order valence-corrected chi connectivity index (χ0v) is 10.0. The highest BCUT2D eigenvalue weighted by atomic mass is 16.5. The predicted molar refractivity (Wildman–Crippen MR) is 60.5 cm³/mol. The molecule has 0 aromatic carbocycles. The highest BCUT2D eigenvalue weighted by molar-refractivity contribution is 4.83. The first-order valence-corrected chi connectivity index (χ1v) is 6.06. The summed E-state index contributed by atoms with van der Waals surface area (Å²) in [4.78, 5) is 0. The molecule has 1 rings (SSSR count). The molecule has 3 atom stereocenters. The predicted octanol–water partition coefficient (Wildman–Crippen LogP) is 2.58. The van der Waals surface area contributed by atoms with Crippen LogP contribution in [-0.4, -0.2) is 24.8 Å². The lowest BCUT2D eigenvalue weighted by molar-refractivity contribution is 0.109. The summed E-state index contributed by atoms with van der Waals surface area (Å²) in [5.41, 5.74) is 0. The summed E-state index contributed by atoms with van der Waals surface area (Å²) in [5.74, 6) is 0.808. The van der Waals surface area contributed by atoms with E-state index in [4.69, 9.17) is 4.74 Å². The van der Waals surface area contributed by atoms with Gasteiger partial charge in [0.15, 0.2) is 0 Å². The van der Waals surface area contributed by atoms with Gasteiger partial charge < -0.3 is 10.1 Å². The van der Waals surface area contributed by atoms with Crippen molar-refractivity contribution in [3.8, 4) is 0 Å². The van der Waals surface area contributed by atoms with Gasteiger partial charge in [0.05, 0.1) is 6.10 Å². The van der Waals surface area contributed by atoms with Gasteiger partial charge in [-0.25, -0.2) is 0 Å². The second-order valence-corrected chi connectivity index (χ2v) is 4.50. The maximum absolute atomic E-state index is 5.55. The van der Waals surface area contributed by atoms with Crippen LogP contribution in [0, 0.1) is 5.92 Å². The fourth-order valence-corrected chi connectivity index (χ4v) is 2.42. The molecule has 0 saturated carbocycles. The molecule has 14 heavy (non-hydrogen) atoms. The van der Waals surface area contributed by atoms with E-state index < -0.39 is 0 Å². The van der Waals surface area contributed by atoms with Crippen LogP contribution in [0.4, 0.5) is 0 Å². The molecule has 1 aliphatic heterocycles. The zero-order chi connectivity index (χ0) is 10.6. The average Bonchev–Trinajstić information content (AvgIpc) is 2.54. The lowest BCUT2D eigenvalue weighted by atomic mass is 9.94. The van der Waals surface area contributed by atoms with Gasteiger partial charge in [0.2, 0.25) is 0 Å². The Kier molecular flexibility index (Phi) is 4.90. The zero-order valence-electron chi connectivity index (χ0n) is 10.0. The number of hydrogen-bond donors (Lipinski definition) is 1. The van der Waals surface area contributed by atoms with Crippen molar-refractivity contribution in [2.75, 3.05) is 6.61 Å². The van der Waals surface area contributed by atoms with Gasteiger partial charge in [-0.1, -0.05) is 26.7 Å². The molecule has 0 radical (unpaired) electrons. The van der Waals surface area contributed by atoms with Crippen LogP contribution in [0.5, 0.6) is 0 Å². The van der Waals surface area contributed by atoms with Gasteiger partial charge >= 0.3 is 0 Å². The summed E-state index contributed by atoms with van der Waals surface area (Å²) >= 11 is 0. The molecular formula is C12H25NO. The van der Waals surface area contributed by atoms with Crippen molar-refractivity contribution in [2.45, 2.75) is 65.1 Å². The van der Waals surface area contributed by atoms with E-state index in [2.05, 4.69) is 33.0 Å². The minimum Gasteiger partial charge on any atom is -0.377 e. The molecule has 84 valence electrons. The standard InChI is InChI=1S/C12H25NO/c1-5-11(6-2)9(3)13-12-7-8-14-10(12)4/h9-13H,5-8H2,1-4H3. The van der Waals surface area contributed by atoms with Gasteiger partial charge in [-0.05, 0) is 26.2 Å². The minimum atomic E-state index is 0.395. The summed E-state index contributed by atoms with van der Waals surface area (Å²) in [7, 11) is 0. The van der Waals surface area contributed by atoms with Crippen LogP contribution in [0.2, 0.25) is 0 Å². The number of rotatable bonds is 5. The smallest absolute Gasteiger partial charge is 0.0700 e. The fourth-order valence-electron chi connectivity index (χ4n) is 2.42. The Morgan fingerprint density at radius 3 is 2.43 bits per heavy atom. The van der Waals surface area contributed by atoms with E-state index in [0.29, 0.717) is 18.2 Å². The topological polar surface area (TPSA) is 21.3 Å². The van der Waals surface area contributed by atoms with Gasteiger partial charge in [-0.15, -0.1) is 0 Å². The maximum Gasteiger partial charge on any atom is 0.0700 e. The van der Waals surface area contributed by atoms with Crippen molar-refractivity contribution in [2.24, 2.45) is 5.92 Å². The minimum absolute atomic E-state index is 0.395. The maximum atomic E-state index is 5.55. The van der Waals surface area contributed by atoms with E-state index in [1.807, 2.05) is 0 Å². The van der Waals surface area contributed by atoms with Gasteiger partial charge in [0.25, 0.3) is 0 Å². The number of ether oxygens (including phenoxy) is 1. The van der Waals surface area contributed by atoms with Crippen LogP contribution in [0.25, 0.3) is 0 Å². The second kappa shape index (κ2) is 5.72. The number of hydrogen-bond acceptors (Lipinski definition) is 2. The third-order valence-corrected chi connectivity index (χ3v) is 3.61. The van der Waals surface area contributed by atoms with E-state index in [0.717, 1.165) is 12.5 Å².